The lowest BCUT2D eigenvalue weighted by molar-refractivity contribution is -0.385. The summed E-state index contributed by atoms with van der Waals surface area (Å²) in [5, 5.41) is 11.0. The van der Waals surface area contributed by atoms with Gasteiger partial charge in [0.15, 0.2) is 5.96 Å². The van der Waals surface area contributed by atoms with Gasteiger partial charge in [0.2, 0.25) is 0 Å². The van der Waals surface area contributed by atoms with E-state index >= 15 is 0 Å². The molecular weight excluding hydrogens is 338 g/mol. The molecule has 1 aromatic carbocycles. The molecule has 1 heterocycles. The number of guanidine groups is 1. The largest absolute Gasteiger partial charge is 0.444 e. The maximum absolute atomic E-state index is 12.1. The molecular formula is C17H25N5O4. The topological polar surface area (TPSA) is 114 Å². The van der Waals surface area contributed by atoms with Gasteiger partial charge in [-0.2, -0.15) is 0 Å². The normalized spacial score (nSPS) is 15.7. The molecule has 9 heteroatoms. The Hall–Kier alpha value is -2.84. The molecule has 1 aromatic rings. The maximum Gasteiger partial charge on any atom is 0.410 e. The van der Waals surface area contributed by atoms with E-state index in [1.807, 2.05) is 25.7 Å². The minimum atomic E-state index is -0.529. The van der Waals surface area contributed by atoms with Gasteiger partial charge in [0.05, 0.1) is 17.0 Å². The number of hydrogen-bond donors (Lipinski definition) is 1. The number of carbonyl (C=O) groups is 1. The molecule has 0 bridgehead atoms. The number of ether oxygens (including phenoxy) is 1. The first kappa shape index (κ1) is 19.5. The lowest BCUT2D eigenvalue weighted by Gasteiger charge is -2.36. The van der Waals surface area contributed by atoms with E-state index < -0.39 is 10.5 Å². The number of piperazine rings is 1. The summed E-state index contributed by atoms with van der Waals surface area (Å²) >= 11 is 0. The van der Waals surface area contributed by atoms with Gasteiger partial charge in [-0.15, -0.1) is 0 Å². The fourth-order valence-electron chi connectivity index (χ4n) is 2.53. The number of nitro benzene ring substituents is 1. The van der Waals surface area contributed by atoms with Crippen molar-refractivity contribution in [2.45, 2.75) is 32.9 Å². The third-order valence-electron chi connectivity index (χ3n) is 3.86. The third-order valence-corrected chi connectivity index (χ3v) is 3.86. The molecule has 1 aliphatic rings. The summed E-state index contributed by atoms with van der Waals surface area (Å²) in [6.07, 6.45) is -0.340. The van der Waals surface area contributed by atoms with E-state index in [9.17, 15) is 14.9 Å². The quantitative estimate of drug-likeness (QED) is 0.380. The van der Waals surface area contributed by atoms with Gasteiger partial charge in [0.1, 0.15) is 5.60 Å². The first-order chi connectivity index (χ1) is 12.2. The molecule has 1 amide bonds. The fraction of sp³-hybridized carbons (Fsp3) is 0.529. The smallest absolute Gasteiger partial charge is 0.410 e. The van der Waals surface area contributed by atoms with Crippen LogP contribution in [0.15, 0.2) is 29.3 Å². The Morgan fingerprint density at radius 2 is 1.81 bits per heavy atom. The molecule has 0 unspecified atom stereocenters. The average Bonchev–Trinajstić information content (AvgIpc) is 2.58. The fourth-order valence-corrected chi connectivity index (χ4v) is 2.53. The van der Waals surface area contributed by atoms with Crippen LogP contribution in [0.5, 0.6) is 0 Å². The van der Waals surface area contributed by atoms with Crippen molar-refractivity contribution in [2.75, 3.05) is 26.2 Å². The van der Waals surface area contributed by atoms with Gasteiger partial charge in [0, 0.05) is 32.2 Å². The molecule has 0 atom stereocenters. The summed E-state index contributed by atoms with van der Waals surface area (Å²) in [6, 6.07) is 6.45. The van der Waals surface area contributed by atoms with Crippen LogP contribution in [0.1, 0.15) is 26.3 Å². The number of hydrogen-bond acceptors (Lipinski definition) is 5. The number of carbonyl (C=O) groups excluding carboxylic acids is 1. The summed E-state index contributed by atoms with van der Waals surface area (Å²) in [5.41, 5.74) is 6.02. The van der Waals surface area contributed by atoms with Gasteiger partial charge in [0.25, 0.3) is 5.69 Å². The van der Waals surface area contributed by atoms with Crippen molar-refractivity contribution >= 4 is 17.7 Å². The zero-order valence-electron chi connectivity index (χ0n) is 15.3. The molecule has 1 aliphatic heterocycles. The summed E-state index contributed by atoms with van der Waals surface area (Å²) < 4.78 is 5.36. The second kappa shape index (κ2) is 8.03. The Labute approximate surface area is 152 Å². The first-order valence-corrected chi connectivity index (χ1v) is 8.42. The summed E-state index contributed by atoms with van der Waals surface area (Å²) in [5.74, 6) is 0.312. The van der Waals surface area contributed by atoms with Gasteiger partial charge in [-0.25, -0.2) is 9.79 Å². The second-order valence-electron chi connectivity index (χ2n) is 7.01. The molecule has 0 spiro atoms. The number of para-hydroxylation sites is 1. The van der Waals surface area contributed by atoms with Crippen LogP contribution in [-0.2, 0) is 11.3 Å². The van der Waals surface area contributed by atoms with E-state index in [1.165, 1.54) is 6.07 Å². The lowest BCUT2D eigenvalue weighted by atomic mass is 10.2. The van der Waals surface area contributed by atoms with Gasteiger partial charge in [-0.1, -0.05) is 18.2 Å². The zero-order valence-corrected chi connectivity index (χ0v) is 15.3. The highest BCUT2D eigenvalue weighted by atomic mass is 16.6. The van der Waals surface area contributed by atoms with Crippen molar-refractivity contribution in [3.8, 4) is 0 Å². The number of amides is 1. The van der Waals surface area contributed by atoms with Crippen molar-refractivity contribution in [1.29, 1.82) is 0 Å². The van der Waals surface area contributed by atoms with Gasteiger partial charge in [-0.05, 0) is 20.8 Å². The number of benzene rings is 1. The average molecular weight is 363 g/mol. The molecule has 1 fully saturated rings. The van der Waals surface area contributed by atoms with Gasteiger partial charge >= 0.3 is 6.09 Å². The zero-order chi connectivity index (χ0) is 19.3. The van der Waals surface area contributed by atoms with Crippen LogP contribution in [0.25, 0.3) is 0 Å². The van der Waals surface area contributed by atoms with Crippen LogP contribution < -0.4 is 5.73 Å². The number of rotatable bonds is 3. The van der Waals surface area contributed by atoms with Crippen molar-refractivity contribution in [3.63, 3.8) is 0 Å². The minimum Gasteiger partial charge on any atom is -0.444 e. The summed E-state index contributed by atoms with van der Waals surface area (Å²) in [6.45, 7) is 7.65. The monoisotopic (exact) mass is 363 g/mol. The van der Waals surface area contributed by atoms with E-state index in [0.29, 0.717) is 37.7 Å². The Morgan fingerprint density at radius 3 is 2.38 bits per heavy atom. The third kappa shape index (κ3) is 5.33. The van der Waals surface area contributed by atoms with Crippen molar-refractivity contribution in [2.24, 2.45) is 10.7 Å². The summed E-state index contributed by atoms with van der Waals surface area (Å²) in [7, 11) is 0. The lowest BCUT2D eigenvalue weighted by Crippen LogP contribution is -2.53. The van der Waals surface area contributed by atoms with Gasteiger partial charge < -0.3 is 20.3 Å². The highest BCUT2D eigenvalue weighted by Gasteiger charge is 2.26. The SMILES string of the molecule is CC(C)(C)OC(=O)N1CCN(C(N)=NCc2ccccc2[N+](=O)[O-])CC1. The number of aliphatic imine (C=N–C) groups is 1. The molecule has 142 valence electrons. The predicted octanol–water partition coefficient (Wildman–Crippen LogP) is 1.96. The van der Waals surface area contributed by atoms with Crippen LogP contribution in [-0.4, -0.2) is 58.6 Å². The van der Waals surface area contributed by atoms with Gasteiger partial charge in [-0.3, -0.25) is 10.1 Å². The van der Waals surface area contributed by atoms with E-state index in [2.05, 4.69) is 4.99 Å². The Kier molecular flexibility index (Phi) is 6.01. The van der Waals surface area contributed by atoms with E-state index in [-0.39, 0.29) is 18.3 Å². The van der Waals surface area contributed by atoms with Crippen LogP contribution in [0.4, 0.5) is 10.5 Å². The van der Waals surface area contributed by atoms with E-state index in [4.69, 9.17) is 10.5 Å². The predicted molar refractivity (Wildman–Crippen MR) is 97.8 cm³/mol. The van der Waals surface area contributed by atoms with Crippen LogP contribution in [0.2, 0.25) is 0 Å². The van der Waals surface area contributed by atoms with Crippen molar-refractivity contribution < 1.29 is 14.5 Å². The van der Waals surface area contributed by atoms with Crippen LogP contribution in [0.3, 0.4) is 0 Å². The van der Waals surface area contributed by atoms with Crippen molar-refractivity contribution in [3.05, 3.63) is 39.9 Å². The van der Waals surface area contributed by atoms with Crippen LogP contribution >= 0.6 is 0 Å². The molecule has 0 aromatic heterocycles. The maximum atomic E-state index is 12.1. The Balaban J connectivity index is 1.92. The number of nitrogens with two attached hydrogens (primary N) is 1. The van der Waals surface area contributed by atoms with Crippen molar-refractivity contribution in [1.82, 2.24) is 9.80 Å². The first-order valence-electron chi connectivity index (χ1n) is 8.42. The molecule has 2 N–H and O–H groups in total. The summed E-state index contributed by atoms with van der Waals surface area (Å²) in [4.78, 5) is 30.4. The Bertz CT molecular complexity index is 691. The molecule has 0 radical (unpaired) electrons. The number of nitrogens with zero attached hydrogens (tertiary/aromatic N) is 4. The standard InChI is InChI=1S/C17H25N5O4/c1-17(2,3)26-16(23)21-10-8-20(9-11-21)15(18)19-12-13-6-4-5-7-14(13)22(24)25/h4-7H,8-12H2,1-3H3,(H2,18,19). The Morgan fingerprint density at radius 1 is 1.23 bits per heavy atom. The molecule has 2 rings (SSSR count). The number of nitro groups is 1. The van der Waals surface area contributed by atoms with E-state index in [0.717, 1.165) is 0 Å². The molecule has 26 heavy (non-hydrogen) atoms. The minimum absolute atomic E-state index is 0.0267. The molecule has 0 aliphatic carbocycles. The molecule has 9 nitrogen and oxygen atoms in total. The second-order valence-corrected chi connectivity index (χ2v) is 7.01. The highest BCUT2D eigenvalue weighted by Crippen LogP contribution is 2.18. The molecule has 1 saturated heterocycles. The van der Waals surface area contributed by atoms with Crippen LogP contribution in [0, 0.1) is 10.1 Å². The highest BCUT2D eigenvalue weighted by molar-refractivity contribution is 5.78. The van der Waals surface area contributed by atoms with E-state index in [1.54, 1.807) is 23.1 Å². The molecule has 0 saturated carbocycles.